The number of allylic oxidation sites excluding steroid dienone is 1. The average Bonchev–Trinajstić information content (AvgIpc) is 2.31. The molecule has 6 heteroatoms. The number of carbonyl (C=O) groups is 2. The molecule has 1 aromatic rings. The molecule has 0 atom stereocenters. The number of ether oxygens (including phenoxy) is 1. The van der Waals surface area contributed by atoms with Crippen LogP contribution in [0.15, 0.2) is 48.6 Å². The zero-order chi connectivity index (χ0) is 14.2. The summed E-state index contributed by atoms with van der Waals surface area (Å²) in [5.41, 5.74) is 0. The predicted molar refractivity (Wildman–Crippen MR) is 65.9 cm³/mol. The first-order valence-corrected chi connectivity index (χ1v) is 4.89. The fraction of sp³-hybridized carbons (Fsp3) is 0.167. The van der Waals surface area contributed by atoms with E-state index in [1.165, 1.54) is 0 Å². The summed E-state index contributed by atoms with van der Waals surface area (Å²) < 4.78 is 4.11. The monoisotopic (exact) mass is 256 g/mol. The molecule has 1 rings (SSSR count). The maximum absolute atomic E-state index is 9.62. The molecular formula is C12H16O6. The molecule has 1 aromatic carbocycles. The van der Waals surface area contributed by atoms with Gasteiger partial charge in [-0.05, 0) is 6.92 Å². The van der Waals surface area contributed by atoms with Crippen molar-refractivity contribution in [3.8, 4) is 0 Å². The highest BCUT2D eigenvalue weighted by atomic mass is 16.7. The van der Waals surface area contributed by atoms with Crippen molar-refractivity contribution >= 4 is 12.3 Å². The van der Waals surface area contributed by atoms with Gasteiger partial charge in [-0.2, -0.15) is 0 Å². The van der Waals surface area contributed by atoms with E-state index in [0.717, 1.165) is 0 Å². The van der Waals surface area contributed by atoms with Gasteiger partial charge in [-0.25, -0.2) is 9.59 Å². The minimum atomic E-state index is -1.83. The molecule has 100 valence electrons. The Balaban J connectivity index is 0. The predicted octanol–water partition coefficient (Wildman–Crippen LogP) is 3.17. The lowest BCUT2D eigenvalue weighted by molar-refractivity contribution is 0.102. The summed E-state index contributed by atoms with van der Waals surface area (Å²) in [6.45, 7) is 1.94. The Morgan fingerprint density at radius 3 is 1.56 bits per heavy atom. The minimum Gasteiger partial charge on any atom is -0.450 e. The van der Waals surface area contributed by atoms with Crippen LogP contribution in [-0.2, 0) is 4.74 Å². The normalized spacial score (nSPS) is 8.28. The maximum Gasteiger partial charge on any atom is 0.506 e. The van der Waals surface area contributed by atoms with Crippen LogP contribution in [0, 0.1) is 0 Å². The summed E-state index contributed by atoms with van der Waals surface area (Å²) >= 11 is 0. The third kappa shape index (κ3) is 29.2. The summed E-state index contributed by atoms with van der Waals surface area (Å²) in [6.07, 6.45) is 0.278. The molecule has 0 aromatic heterocycles. The van der Waals surface area contributed by atoms with Crippen molar-refractivity contribution in [3.05, 3.63) is 48.6 Å². The maximum atomic E-state index is 9.62. The Labute approximate surface area is 105 Å². The highest BCUT2D eigenvalue weighted by Crippen LogP contribution is 1.80. The average molecular weight is 256 g/mol. The molecule has 0 radical (unpaired) electrons. The topological polar surface area (TPSA) is 104 Å². The number of carboxylic acid groups (broad SMARTS) is 3. The SMILES string of the molecule is CC=CCOC(=O)O.O=C(O)O.c1ccccc1. The number of rotatable bonds is 2. The number of hydrogen-bond acceptors (Lipinski definition) is 3. The van der Waals surface area contributed by atoms with E-state index in [0.29, 0.717) is 0 Å². The van der Waals surface area contributed by atoms with E-state index < -0.39 is 12.3 Å². The molecule has 0 unspecified atom stereocenters. The van der Waals surface area contributed by atoms with E-state index in [9.17, 15) is 4.79 Å². The van der Waals surface area contributed by atoms with Gasteiger partial charge in [-0.3, -0.25) is 0 Å². The summed E-state index contributed by atoms with van der Waals surface area (Å²) in [5.74, 6) is 0. The molecule has 3 N–H and O–H groups in total. The molecule has 0 fully saturated rings. The number of benzene rings is 1. The van der Waals surface area contributed by atoms with E-state index in [4.69, 9.17) is 20.1 Å². The van der Waals surface area contributed by atoms with Crippen LogP contribution in [-0.4, -0.2) is 34.2 Å². The van der Waals surface area contributed by atoms with Crippen molar-refractivity contribution in [3.63, 3.8) is 0 Å². The Kier molecular flexibility index (Phi) is 14.4. The smallest absolute Gasteiger partial charge is 0.450 e. The molecule has 0 aliphatic carbocycles. The van der Waals surface area contributed by atoms with Gasteiger partial charge in [0.15, 0.2) is 0 Å². The van der Waals surface area contributed by atoms with E-state index in [1.807, 2.05) is 36.4 Å². The van der Waals surface area contributed by atoms with Crippen molar-refractivity contribution in [2.24, 2.45) is 0 Å². The quantitative estimate of drug-likeness (QED) is 0.554. The van der Waals surface area contributed by atoms with Gasteiger partial charge < -0.3 is 20.1 Å². The van der Waals surface area contributed by atoms with Crippen molar-refractivity contribution in [1.29, 1.82) is 0 Å². The second kappa shape index (κ2) is 14.5. The van der Waals surface area contributed by atoms with Crippen LogP contribution >= 0.6 is 0 Å². The third-order valence-corrected chi connectivity index (χ3v) is 1.21. The van der Waals surface area contributed by atoms with Crippen LogP contribution in [0.3, 0.4) is 0 Å². The standard InChI is InChI=1S/C6H6.C5H8O3.CH2O3/c1-2-4-6-5-3-1;1-2-3-4-8-5(6)7;2-1(3)4/h1-6H;2-3H,4H2,1H3,(H,6,7);(H2,2,3,4). The molecule has 0 aliphatic rings. The van der Waals surface area contributed by atoms with Crippen LogP contribution < -0.4 is 0 Å². The third-order valence-electron chi connectivity index (χ3n) is 1.21. The first kappa shape index (κ1) is 17.9. The van der Waals surface area contributed by atoms with Crippen molar-refractivity contribution in [1.82, 2.24) is 0 Å². The molecule has 0 aliphatic heterocycles. The first-order valence-electron chi connectivity index (χ1n) is 4.89. The zero-order valence-electron chi connectivity index (χ0n) is 9.89. The minimum absolute atomic E-state index is 0.145. The lowest BCUT2D eigenvalue weighted by atomic mass is 10.4. The van der Waals surface area contributed by atoms with E-state index in [-0.39, 0.29) is 6.61 Å². The first-order chi connectivity index (χ1) is 8.50. The molecule has 0 heterocycles. The summed E-state index contributed by atoms with van der Waals surface area (Å²) in [4.78, 5) is 18.2. The Morgan fingerprint density at radius 1 is 1.00 bits per heavy atom. The van der Waals surface area contributed by atoms with Crippen LogP contribution in [0.1, 0.15) is 6.92 Å². The van der Waals surface area contributed by atoms with Crippen molar-refractivity contribution in [2.75, 3.05) is 6.61 Å². The molecule has 0 saturated heterocycles. The Morgan fingerprint density at radius 2 is 1.33 bits per heavy atom. The van der Waals surface area contributed by atoms with Crippen LogP contribution in [0.25, 0.3) is 0 Å². The molecular weight excluding hydrogens is 240 g/mol. The highest BCUT2D eigenvalue weighted by molar-refractivity contribution is 5.56. The van der Waals surface area contributed by atoms with E-state index >= 15 is 0 Å². The second-order valence-corrected chi connectivity index (χ2v) is 2.58. The zero-order valence-corrected chi connectivity index (χ0v) is 9.89. The highest BCUT2D eigenvalue weighted by Gasteiger charge is 1.88. The van der Waals surface area contributed by atoms with Crippen LogP contribution in [0.5, 0.6) is 0 Å². The van der Waals surface area contributed by atoms with Gasteiger partial charge in [0.1, 0.15) is 6.61 Å². The van der Waals surface area contributed by atoms with E-state index in [2.05, 4.69) is 4.74 Å². The van der Waals surface area contributed by atoms with Crippen molar-refractivity contribution in [2.45, 2.75) is 6.92 Å². The largest absolute Gasteiger partial charge is 0.506 e. The molecule has 18 heavy (non-hydrogen) atoms. The lowest BCUT2D eigenvalue weighted by Gasteiger charge is -1.89. The van der Waals surface area contributed by atoms with Gasteiger partial charge in [-0.15, -0.1) is 0 Å². The van der Waals surface area contributed by atoms with Gasteiger partial charge in [0, 0.05) is 0 Å². The van der Waals surface area contributed by atoms with Gasteiger partial charge >= 0.3 is 12.3 Å². The summed E-state index contributed by atoms with van der Waals surface area (Å²) in [6, 6.07) is 12.0. The summed E-state index contributed by atoms with van der Waals surface area (Å²) in [5, 5.41) is 21.8. The van der Waals surface area contributed by atoms with Gasteiger partial charge in [0.05, 0.1) is 0 Å². The van der Waals surface area contributed by atoms with Crippen LogP contribution in [0.4, 0.5) is 9.59 Å². The van der Waals surface area contributed by atoms with Gasteiger partial charge in [0.25, 0.3) is 0 Å². The number of hydrogen-bond donors (Lipinski definition) is 3. The molecule has 0 amide bonds. The van der Waals surface area contributed by atoms with Gasteiger partial charge in [-0.1, -0.05) is 48.6 Å². The molecule has 0 saturated carbocycles. The second-order valence-electron chi connectivity index (χ2n) is 2.58. The van der Waals surface area contributed by atoms with Crippen molar-refractivity contribution < 1.29 is 29.6 Å². The fourth-order valence-electron chi connectivity index (χ4n) is 0.601. The van der Waals surface area contributed by atoms with Crippen LogP contribution in [0.2, 0.25) is 0 Å². The molecule has 6 nitrogen and oxygen atoms in total. The lowest BCUT2D eigenvalue weighted by Crippen LogP contribution is -1.98. The molecule has 0 spiro atoms. The molecule has 0 bridgehead atoms. The fourth-order valence-corrected chi connectivity index (χ4v) is 0.601. The summed E-state index contributed by atoms with van der Waals surface area (Å²) in [7, 11) is 0. The van der Waals surface area contributed by atoms with Gasteiger partial charge in [0.2, 0.25) is 0 Å². The Bertz CT molecular complexity index is 303. The van der Waals surface area contributed by atoms with E-state index in [1.54, 1.807) is 19.1 Å². The Hall–Kier alpha value is -2.50.